The zero-order chi connectivity index (χ0) is 29.4. The second-order valence-corrected chi connectivity index (χ2v) is 10.9. The molecule has 2 aromatic carbocycles. The maximum atomic E-state index is 13.9. The Morgan fingerprint density at radius 3 is 2.23 bits per heavy atom. The maximum Gasteiger partial charge on any atom is 0.245 e. The number of methoxy groups -OCH3 is 1. The molecule has 0 unspecified atom stereocenters. The molecule has 1 aromatic heterocycles. The molecule has 1 aliphatic heterocycles. The standard InChI is InChI=1S/C32H41N5O4.2ClH/c1-4-8-29(38)32(24-9-6-5-7-10-24)15-17-37(18-16-32)31(40)28(19-23-11-13-26(41-3)14-12-23)35-30(39)27(33)20-25-21-34-22-36(25)2;;/h5-7,9-14,21-22,27-28H,4,8,15-20,33H2,1-3H3,(H,35,39);2*1H/t27-,28+;;/m0../s1. The van der Waals surface area contributed by atoms with Crippen LogP contribution < -0.4 is 15.8 Å². The number of nitrogens with one attached hydrogen (secondary N) is 1. The smallest absolute Gasteiger partial charge is 0.245 e. The van der Waals surface area contributed by atoms with Gasteiger partial charge in [-0.2, -0.15) is 0 Å². The van der Waals surface area contributed by atoms with Crippen LogP contribution in [0.3, 0.4) is 0 Å². The van der Waals surface area contributed by atoms with Gasteiger partial charge in [-0.3, -0.25) is 14.4 Å². The van der Waals surface area contributed by atoms with Gasteiger partial charge in [0.05, 0.1) is 24.9 Å². The number of aryl methyl sites for hydroxylation is 1. The Morgan fingerprint density at radius 2 is 1.67 bits per heavy atom. The second kappa shape index (κ2) is 16.4. The zero-order valence-corrected chi connectivity index (χ0v) is 26.7. The van der Waals surface area contributed by atoms with Gasteiger partial charge in [0.15, 0.2) is 0 Å². The Balaban J connectivity index is 0.00000323. The van der Waals surface area contributed by atoms with E-state index in [0.717, 1.165) is 23.2 Å². The average molecular weight is 633 g/mol. The topological polar surface area (TPSA) is 120 Å². The van der Waals surface area contributed by atoms with E-state index in [1.165, 1.54) is 0 Å². The number of halogens is 2. The van der Waals surface area contributed by atoms with Crippen LogP contribution in [0.1, 0.15) is 49.4 Å². The van der Waals surface area contributed by atoms with Crippen LogP contribution in [-0.2, 0) is 39.7 Å². The summed E-state index contributed by atoms with van der Waals surface area (Å²) in [7, 11) is 3.45. The molecule has 43 heavy (non-hydrogen) atoms. The van der Waals surface area contributed by atoms with Crippen LogP contribution >= 0.6 is 24.8 Å². The highest BCUT2D eigenvalue weighted by Gasteiger charge is 2.43. The van der Waals surface area contributed by atoms with E-state index in [1.807, 2.05) is 73.1 Å². The molecule has 0 bridgehead atoms. The third-order valence-corrected chi connectivity index (χ3v) is 8.16. The highest BCUT2D eigenvalue weighted by molar-refractivity contribution is 5.92. The van der Waals surface area contributed by atoms with Crippen molar-refractivity contribution in [3.05, 3.63) is 83.9 Å². The molecule has 3 aromatic rings. The fourth-order valence-corrected chi connectivity index (χ4v) is 5.66. The minimum Gasteiger partial charge on any atom is -0.497 e. The van der Waals surface area contributed by atoms with E-state index >= 15 is 0 Å². The van der Waals surface area contributed by atoms with E-state index in [2.05, 4.69) is 10.3 Å². The molecule has 1 saturated heterocycles. The lowest BCUT2D eigenvalue weighted by atomic mass is 9.68. The Morgan fingerprint density at radius 1 is 1.02 bits per heavy atom. The number of amides is 2. The van der Waals surface area contributed by atoms with Crippen molar-refractivity contribution >= 4 is 42.4 Å². The summed E-state index contributed by atoms with van der Waals surface area (Å²) in [5.74, 6) is 0.366. The fourth-order valence-electron chi connectivity index (χ4n) is 5.66. The fraction of sp³-hybridized carbons (Fsp3) is 0.438. The summed E-state index contributed by atoms with van der Waals surface area (Å²) >= 11 is 0. The molecule has 0 spiro atoms. The van der Waals surface area contributed by atoms with Gasteiger partial charge in [-0.05, 0) is 42.5 Å². The predicted molar refractivity (Wildman–Crippen MR) is 172 cm³/mol. The van der Waals surface area contributed by atoms with Gasteiger partial charge < -0.3 is 25.3 Å². The minimum absolute atomic E-state index is 0. The molecule has 1 aliphatic rings. The number of ether oxygens (including phenoxy) is 1. The molecule has 11 heteroatoms. The van der Waals surface area contributed by atoms with Crippen LogP contribution in [0.25, 0.3) is 0 Å². The molecular formula is C32H43Cl2N5O4. The molecule has 0 radical (unpaired) electrons. The van der Waals surface area contributed by atoms with Crippen molar-refractivity contribution in [2.45, 2.75) is 62.9 Å². The SMILES string of the molecule is CCCC(=O)C1(c2ccccc2)CCN(C(=O)[C@@H](Cc2ccc(OC)cc2)NC(=O)[C@@H](N)Cc2cncn2C)CC1.Cl.Cl. The van der Waals surface area contributed by atoms with Crippen LogP contribution in [0.5, 0.6) is 5.75 Å². The van der Waals surface area contributed by atoms with Crippen LogP contribution in [-0.4, -0.2) is 64.3 Å². The van der Waals surface area contributed by atoms with Gasteiger partial charge >= 0.3 is 0 Å². The first kappa shape index (κ1) is 35.8. The third-order valence-electron chi connectivity index (χ3n) is 8.16. The van der Waals surface area contributed by atoms with Crippen LogP contribution in [0.15, 0.2) is 67.1 Å². The van der Waals surface area contributed by atoms with Crippen molar-refractivity contribution in [2.24, 2.45) is 12.8 Å². The molecule has 234 valence electrons. The van der Waals surface area contributed by atoms with Crippen molar-refractivity contribution < 1.29 is 19.1 Å². The minimum atomic E-state index is -0.838. The number of carbonyl (C=O) groups is 3. The Bertz CT molecular complexity index is 1330. The van der Waals surface area contributed by atoms with E-state index in [-0.39, 0.29) is 36.5 Å². The molecule has 0 aliphatic carbocycles. The molecule has 0 saturated carbocycles. The first-order valence-electron chi connectivity index (χ1n) is 14.3. The van der Waals surface area contributed by atoms with Gasteiger partial charge in [-0.1, -0.05) is 49.4 Å². The molecular weight excluding hydrogens is 589 g/mol. The van der Waals surface area contributed by atoms with E-state index < -0.39 is 23.4 Å². The number of nitrogens with zero attached hydrogens (tertiary/aromatic N) is 3. The summed E-state index contributed by atoms with van der Waals surface area (Å²) in [6, 6.07) is 15.7. The van der Waals surface area contributed by atoms with Crippen molar-refractivity contribution in [3.63, 3.8) is 0 Å². The lowest BCUT2D eigenvalue weighted by Gasteiger charge is -2.42. The largest absolute Gasteiger partial charge is 0.497 e. The van der Waals surface area contributed by atoms with Gasteiger partial charge in [0, 0.05) is 51.3 Å². The number of likely N-dealkylation sites (tertiary alicyclic amines) is 1. The number of rotatable bonds is 12. The first-order chi connectivity index (χ1) is 19.8. The molecule has 2 amide bonds. The average Bonchev–Trinajstić information content (AvgIpc) is 3.41. The number of imidazole rings is 1. The molecule has 3 N–H and O–H groups in total. The number of benzene rings is 2. The van der Waals surface area contributed by atoms with Crippen molar-refractivity contribution in [3.8, 4) is 5.75 Å². The molecule has 9 nitrogen and oxygen atoms in total. The predicted octanol–water partition coefficient (Wildman–Crippen LogP) is 3.80. The van der Waals surface area contributed by atoms with E-state index in [1.54, 1.807) is 24.5 Å². The van der Waals surface area contributed by atoms with E-state index in [4.69, 9.17) is 10.5 Å². The van der Waals surface area contributed by atoms with Gasteiger partial charge in [0.2, 0.25) is 11.8 Å². The molecule has 2 atom stereocenters. The number of hydrogen-bond donors (Lipinski definition) is 2. The van der Waals surface area contributed by atoms with Crippen molar-refractivity contribution in [1.29, 1.82) is 0 Å². The summed E-state index contributed by atoms with van der Waals surface area (Å²) in [5.41, 5.74) is 8.39. The molecule has 2 heterocycles. The first-order valence-corrected chi connectivity index (χ1v) is 14.3. The summed E-state index contributed by atoms with van der Waals surface area (Å²) < 4.78 is 7.09. The number of Topliss-reactive ketones (excluding diaryl/α,β-unsaturated/α-hetero) is 1. The summed E-state index contributed by atoms with van der Waals surface area (Å²) in [4.78, 5) is 46.4. The van der Waals surface area contributed by atoms with E-state index in [0.29, 0.717) is 50.9 Å². The monoisotopic (exact) mass is 631 g/mol. The Hall–Kier alpha value is -3.40. The quantitative estimate of drug-likeness (QED) is 0.314. The number of hydrogen-bond acceptors (Lipinski definition) is 6. The van der Waals surface area contributed by atoms with Crippen LogP contribution in [0.2, 0.25) is 0 Å². The lowest BCUT2D eigenvalue weighted by Crippen LogP contribution is -2.57. The number of piperidine rings is 1. The second-order valence-electron chi connectivity index (χ2n) is 10.9. The van der Waals surface area contributed by atoms with Crippen molar-refractivity contribution in [2.75, 3.05) is 20.2 Å². The highest BCUT2D eigenvalue weighted by Crippen LogP contribution is 2.38. The van der Waals surface area contributed by atoms with Gasteiger partial charge in [0.1, 0.15) is 17.6 Å². The normalized spacial score (nSPS) is 15.3. The Kier molecular flexibility index (Phi) is 13.7. The highest BCUT2D eigenvalue weighted by atomic mass is 35.5. The summed E-state index contributed by atoms with van der Waals surface area (Å²) in [6.45, 7) is 2.87. The summed E-state index contributed by atoms with van der Waals surface area (Å²) in [5, 5.41) is 2.94. The number of aromatic nitrogens is 2. The zero-order valence-electron chi connectivity index (χ0n) is 25.0. The molecule has 1 fully saturated rings. The van der Waals surface area contributed by atoms with E-state index in [9.17, 15) is 14.4 Å². The van der Waals surface area contributed by atoms with Crippen LogP contribution in [0, 0.1) is 0 Å². The van der Waals surface area contributed by atoms with Crippen LogP contribution in [0.4, 0.5) is 0 Å². The van der Waals surface area contributed by atoms with Gasteiger partial charge in [-0.15, -0.1) is 24.8 Å². The maximum absolute atomic E-state index is 13.9. The van der Waals surface area contributed by atoms with Gasteiger partial charge in [-0.25, -0.2) is 4.98 Å². The van der Waals surface area contributed by atoms with Gasteiger partial charge in [0.25, 0.3) is 0 Å². The third kappa shape index (κ3) is 8.59. The lowest BCUT2D eigenvalue weighted by molar-refractivity contribution is -0.139. The molecule has 4 rings (SSSR count). The number of nitrogens with two attached hydrogens (primary N) is 1. The van der Waals surface area contributed by atoms with Crippen molar-refractivity contribution in [1.82, 2.24) is 19.8 Å². The number of carbonyl (C=O) groups excluding carboxylic acids is 3. The summed E-state index contributed by atoms with van der Waals surface area (Å²) in [6.07, 6.45) is 6.33. The number of ketones is 1. The Labute approximate surface area is 266 Å².